The zero-order valence-corrected chi connectivity index (χ0v) is 25.5. The van der Waals surface area contributed by atoms with Gasteiger partial charge in [0.05, 0.1) is 0 Å². The molecule has 3 amide bonds. The fourth-order valence-corrected chi connectivity index (χ4v) is 6.24. The number of nitrogens with one attached hydrogen (secondary N) is 2. The molecule has 0 radical (unpaired) electrons. The van der Waals surface area contributed by atoms with Gasteiger partial charge >= 0.3 is 12.2 Å². The second kappa shape index (κ2) is 14.4. The summed E-state index contributed by atoms with van der Waals surface area (Å²) < 4.78 is 10.6. The highest BCUT2D eigenvalue weighted by Crippen LogP contribution is 2.28. The van der Waals surface area contributed by atoms with E-state index in [4.69, 9.17) is 21.7 Å². The lowest BCUT2D eigenvalue weighted by Gasteiger charge is -2.34. The number of cyclic esters (lactones) is 1. The Labute approximate surface area is 249 Å². The van der Waals surface area contributed by atoms with E-state index in [1.165, 1.54) is 37.7 Å². The second-order valence-corrected chi connectivity index (χ2v) is 13.1. The number of carbonyl (C=O) groups excluding carboxylic acids is 3. The molecule has 2 aliphatic heterocycles. The summed E-state index contributed by atoms with van der Waals surface area (Å²) in [6.45, 7) is 7.88. The molecule has 2 heterocycles. The highest BCUT2D eigenvalue weighted by molar-refractivity contribution is 7.80. The number of amides is 3. The number of hydrogen-bond acceptors (Lipinski definition) is 7. The summed E-state index contributed by atoms with van der Waals surface area (Å²) in [6.07, 6.45) is 7.87. The summed E-state index contributed by atoms with van der Waals surface area (Å²) in [5.74, 6) is 0.518. The maximum Gasteiger partial charge on any atom is 0.420 e. The minimum Gasteiger partial charge on any atom is -0.446 e. The topological polar surface area (TPSA) is 100 Å². The number of carbonyl (C=O) groups is 3. The molecular formula is C31H46N4O5S. The zero-order chi connectivity index (χ0) is 29.4. The van der Waals surface area contributed by atoms with E-state index in [1.54, 1.807) is 20.8 Å². The molecule has 3 fully saturated rings. The van der Waals surface area contributed by atoms with E-state index >= 15 is 0 Å². The monoisotopic (exact) mass is 586 g/mol. The van der Waals surface area contributed by atoms with Gasteiger partial charge in [0, 0.05) is 25.7 Å². The number of nitrogens with zero attached hydrogens (tertiary/aromatic N) is 2. The number of imide groups is 1. The largest absolute Gasteiger partial charge is 0.446 e. The van der Waals surface area contributed by atoms with Crippen molar-refractivity contribution in [1.82, 2.24) is 20.4 Å². The van der Waals surface area contributed by atoms with Crippen molar-refractivity contribution >= 4 is 35.3 Å². The summed E-state index contributed by atoms with van der Waals surface area (Å²) in [6, 6.07) is 9.17. The molecule has 4 rings (SSSR count). The SMILES string of the molecule is CC(C)(C)OC(=O)N1C(=O)OC[C@H]1C(=S)N[C@H](CCC1CCCCC1)C(=O)NC1CCN(Cc2ccccc2)CC1. The van der Waals surface area contributed by atoms with E-state index < -0.39 is 29.9 Å². The Morgan fingerprint density at radius 1 is 1.07 bits per heavy atom. The molecule has 0 bridgehead atoms. The lowest BCUT2D eigenvalue weighted by atomic mass is 9.85. The van der Waals surface area contributed by atoms with Crippen LogP contribution >= 0.6 is 12.2 Å². The van der Waals surface area contributed by atoms with Gasteiger partial charge in [-0.05, 0) is 57.9 Å². The number of piperidine rings is 1. The van der Waals surface area contributed by atoms with Crippen molar-refractivity contribution in [3.63, 3.8) is 0 Å². The molecule has 9 nitrogen and oxygen atoms in total. The molecule has 1 aromatic carbocycles. The number of hydrogen-bond donors (Lipinski definition) is 2. The van der Waals surface area contributed by atoms with Crippen LogP contribution in [0, 0.1) is 5.92 Å². The van der Waals surface area contributed by atoms with Crippen molar-refractivity contribution in [3.8, 4) is 0 Å². The van der Waals surface area contributed by atoms with Crippen molar-refractivity contribution in [3.05, 3.63) is 35.9 Å². The fourth-order valence-electron chi connectivity index (χ4n) is 5.92. The van der Waals surface area contributed by atoms with Gasteiger partial charge in [-0.3, -0.25) is 9.69 Å². The maximum atomic E-state index is 13.6. The summed E-state index contributed by atoms with van der Waals surface area (Å²) in [5, 5.41) is 6.49. The Kier molecular flexibility index (Phi) is 11.0. The van der Waals surface area contributed by atoms with Crippen LogP contribution in [-0.4, -0.2) is 76.3 Å². The van der Waals surface area contributed by atoms with Crippen LogP contribution in [0.15, 0.2) is 30.3 Å². The molecule has 1 saturated carbocycles. The highest BCUT2D eigenvalue weighted by Gasteiger charge is 2.43. The third-order valence-electron chi connectivity index (χ3n) is 8.17. The average Bonchev–Trinajstić information content (AvgIpc) is 3.34. The first-order chi connectivity index (χ1) is 19.6. The van der Waals surface area contributed by atoms with Crippen molar-refractivity contribution in [2.75, 3.05) is 19.7 Å². The van der Waals surface area contributed by atoms with E-state index in [-0.39, 0.29) is 23.5 Å². The lowest BCUT2D eigenvalue weighted by molar-refractivity contribution is -0.124. The van der Waals surface area contributed by atoms with E-state index in [0.29, 0.717) is 12.3 Å². The number of benzene rings is 1. The third-order valence-corrected chi connectivity index (χ3v) is 8.56. The molecule has 2 N–H and O–H groups in total. The van der Waals surface area contributed by atoms with Crippen LogP contribution in [0.3, 0.4) is 0 Å². The number of thiocarbonyl (C=S) groups is 1. The van der Waals surface area contributed by atoms with Crippen LogP contribution in [-0.2, 0) is 20.8 Å². The Bertz CT molecular complexity index is 1050. The quantitative estimate of drug-likeness (QED) is 0.383. The van der Waals surface area contributed by atoms with E-state index in [0.717, 1.165) is 43.8 Å². The van der Waals surface area contributed by atoms with Crippen molar-refractivity contribution < 1.29 is 23.9 Å². The van der Waals surface area contributed by atoms with Gasteiger partial charge < -0.3 is 20.1 Å². The molecule has 1 aliphatic carbocycles. The first-order valence-corrected chi connectivity index (χ1v) is 15.6. The molecule has 3 aliphatic rings. The van der Waals surface area contributed by atoms with Crippen molar-refractivity contribution in [2.24, 2.45) is 5.92 Å². The predicted molar refractivity (Wildman–Crippen MR) is 161 cm³/mol. The van der Waals surface area contributed by atoms with Crippen molar-refractivity contribution in [1.29, 1.82) is 0 Å². The Morgan fingerprint density at radius 2 is 1.76 bits per heavy atom. The molecular weight excluding hydrogens is 540 g/mol. The molecule has 2 atom stereocenters. The second-order valence-electron chi connectivity index (χ2n) is 12.6. The van der Waals surface area contributed by atoms with Gasteiger partial charge in [-0.25, -0.2) is 9.59 Å². The lowest BCUT2D eigenvalue weighted by Crippen LogP contribution is -2.56. The maximum absolute atomic E-state index is 13.6. The minimum absolute atomic E-state index is 0.0687. The zero-order valence-electron chi connectivity index (χ0n) is 24.7. The van der Waals surface area contributed by atoms with Gasteiger partial charge in [-0.15, -0.1) is 0 Å². The number of rotatable bonds is 9. The highest BCUT2D eigenvalue weighted by atomic mass is 32.1. The number of likely N-dealkylation sites (tertiary alicyclic amines) is 1. The van der Waals surface area contributed by atoms with Gasteiger partial charge in [0.1, 0.15) is 29.3 Å². The molecule has 226 valence electrons. The molecule has 0 spiro atoms. The molecule has 0 unspecified atom stereocenters. The van der Waals surface area contributed by atoms with Crippen LogP contribution in [0.5, 0.6) is 0 Å². The molecule has 41 heavy (non-hydrogen) atoms. The average molecular weight is 587 g/mol. The van der Waals surface area contributed by atoms with E-state index in [1.807, 2.05) is 6.07 Å². The first-order valence-electron chi connectivity index (χ1n) is 15.1. The standard InChI is InChI=1S/C31H46N4O5S/c1-31(2,3)40-30(38)35-26(21-39-29(35)37)28(41)33-25(15-14-22-10-6-4-7-11-22)27(36)32-24-16-18-34(19-17-24)20-23-12-8-5-9-13-23/h5,8-9,12-13,22,24-26H,4,6-7,10-11,14-21H2,1-3H3,(H,32,36)(H,33,41)/t25-,26+/m1/s1. The van der Waals surface area contributed by atoms with Gasteiger partial charge in [0.25, 0.3) is 0 Å². The minimum atomic E-state index is -0.821. The molecule has 10 heteroatoms. The summed E-state index contributed by atoms with van der Waals surface area (Å²) in [5.41, 5.74) is 0.517. The normalized spacial score (nSPS) is 21.7. The van der Waals surface area contributed by atoms with E-state index in [2.05, 4.69) is 39.8 Å². The predicted octanol–water partition coefficient (Wildman–Crippen LogP) is 5.17. The number of ether oxygens (including phenoxy) is 2. The first kappa shape index (κ1) is 31.2. The summed E-state index contributed by atoms with van der Waals surface area (Å²) in [4.78, 5) is 42.4. The summed E-state index contributed by atoms with van der Waals surface area (Å²) in [7, 11) is 0. The van der Waals surface area contributed by atoms with Crippen molar-refractivity contribution in [2.45, 2.75) is 109 Å². The molecule has 0 aromatic heterocycles. The smallest absolute Gasteiger partial charge is 0.420 e. The fraction of sp³-hybridized carbons (Fsp3) is 0.677. The van der Waals surface area contributed by atoms with Crippen LogP contribution in [0.25, 0.3) is 0 Å². The summed E-state index contributed by atoms with van der Waals surface area (Å²) >= 11 is 5.67. The Balaban J connectivity index is 1.36. The van der Waals surface area contributed by atoms with Crippen LogP contribution in [0.4, 0.5) is 9.59 Å². The van der Waals surface area contributed by atoms with Gasteiger partial charge in [-0.2, -0.15) is 4.90 Å². The van der Waals surface area contributed by atoms with Crippen LogP contribution < -0.4 is 10.6 Å². The van der Waals surface area contributed by atoms with Gasteiger partial charge in [0.2, 0.25) is 5.91 Å². The molecule has 1 aromatic rings. The van der Waals surface area contributed by atoms with E-state index in [9.17, 15) is 14.4 Å². The Hall–Kier alpha value is -2.72. The van der Waals surface area contributed by atoms with Crippen LogP contribution in [0.1, 0.15) is 84.1 Å². The Morgan fingerprint density at radius 3 is 2.41 bits per heavy atom. The van der Waals surface area contributed by atoms with Gasteiger partial charge in [0.15, 0.2) is 0 Å². The third kappa shape index (κ3) is 9.39. The molecule has 2 saturated heterocycles. The van der Waals surface area contributed by atoms with Gasteiger partial charge in [-0.1, -0.05) is 74.7 Å². The van der Waals surface area contributed by atoms with Crippen LogP contribution in [0.2, 0.25) is 0 Å².